The zero-order chi connectivity index (χ0) is 17.8. The van der Waals surface area contributed by atoms with Crippen LogP contribution in [0.5, 0.6) is 5.75 Å². The molecule has 3 aromatic rings. The molecule has 0 bridgehead atoms. The van der Waals surface area contributed by atoms with Crippen molar-refractivity contribution in [1.82, 2.24) is 19.7 Å². The molecule has 0 spiro atoms. The van der Waals surface area contributed by atoms with Crippen LogP contribution >= 0.6 is 0 Å². The highest BCUT2D eigenvalue weighted by molar-refractivity contribution is 5.84. The molecular formula is C20H24N4O2. The van der Waals surface area contributed by atoms with Crippen molar-refractivity contribution < 1.29 is 9.47 Å². The van der Waals surface area contributed by atoms with Crippen LogP contribution in [-0.4, -0.2) is 52.6 Å². The van der Waals surface area contributed by atoms with Gasteiger partial charge in [0.15, 0.2) is 0 Å². The Morgan fingerprint density at radius 3 is 3.04 bits per heavy atom. The summed E-state index contributed by atoms with van der Waals surface area (Å²) >= 11 is 0. The van der Waals surface area contributed by atoms with Crippen molar-refractivity contribution in [2.75, 3.05) is 26.8 Å². The van der Waals surface area contributed by atoms with E-state index in [0.717, 1.165) is 61.6 Å². The predicted molar refractivity (Wildman–Crippen MR) is 100 cm³/mol. The third kappa shape index (κ3) is 3.86. The number of para-hydroxylation sites is 1. The number of rotatable bonds is 5. The third-order valence-corrected chi connectivity index (χ3v) is 4.73. The summed E-state index contributed by atoms with van der Waals surface area (Å²) in [7, 11) is 1.69. The molecule has 0 amide bonds. The minimum absolute atomic E-state index is 0.146. The summed E-state index contributed by atoms with van der Waals surface area (Å²) in [5, 5.41) is 5.40. The quantitative estimate of drug-likeness (QED) is 0.707. The summed E-state index contributed by atoms with van der Waals surface area (Å²) in [6, 6.07) is 12.2. The smallest absolute Gasteiger partial charge is 0.145 e. The van der Waals surface area contributed by atoms with Crippen LogP contribution in [0.15, 0.2) is 48.8 Å². The molecule has 2 aromatic heterocycles. The van der Waals surface area contributed by atoms with Gasteiger partial charge in [-0.15, -0.1) is 0 Å². The second-order valence-electron chi connectivity index (χ2n) is 6.64. The predicted octanol–water partition coefficient (Wildman–Crippen LogP) is 2.73. The van der Waals surface area contributed by atoms with E-state index in [9.17, 15) is 0 Å². The fraction of sp³-hybridized carbons (Fsp3) is 0.400. The second kappa shape index (κ2) is 7.85. The average molecular weight is 352 g/mol. The fourth-order valence-corrected chi connectivity index (χ4v) is 3.48. The van der Waals surface area contributed by atoms with Gasteiger partial charge >= 0.3 is 0 Å². The Balaban J connectivity index is 1.49. The summed E-state index contributed by atoms with van der Waals surface area (Å²) < 4.78 is 13.4. The second-order valence-corrected chi connectivity index (χ2v) is 6.64. The lowest BCUT2D eigenvalue weighted by atomic mass is 10.2. The van der Waals surface area contributed by atoms with Crippen molar-refractivity contribution in [1.29, 1.82) is 0 Å². The van der Waals surface area contributed by atoms with Crippen molar-refractivity contribution >= 4 is 10.9 Å². The van der Waals surface area contributed by atoms with Crippen molar-refractivity contribution in [3.8, 4) is 5.75 Å². The molecule has 1 saturated heterocycles. The van der Waals surface area contributed by atoms with Gasteiger partial charge in [0.2, 0.25) is 0 Å². The summed E-state index contributed by atoms with van der Waals surface area (Å²) in [5.74, 6) is 0.820. The first-order valence-corrected chi connectivity index (χ1v) is 9.06. The van der Waals surface area contributed by atoms with Crippen LogP contribution in [0.3, 0.4) is 0 Å². The fourth-order valence-electron chi connectivity index (χ4n) is 3.48. The molecule has 1 aliphatic rings. The Morgan fingerprint density at radius 1 is 1.23 bits per heavy atom. The molecule has 6 heteroatoms. The Kier molecular flexibility index (Phi) is 5.13. The van der Waals surface area contributed by atoms with Crippen molar-refractivity contribution in [3.63, 3.8) is 0 Å². The maximum Gasteiger partial charge on any atom is 0.145 e. The lowest BCUT2D eigenvalue weighted by Gasteiger charge is -2.23. The molecule has 0 aliphatic carbocycles. The van der Waals surface area contributed by atoms with E-state index in [2.05, 4.69) is 28.2 Å². The van der Waals surface area contributed by atoms with Crippen molar-refractivity contribution in [2.45, 2.75) is 25.6 Å². The van der Waals surface area contributed by atoms with Gasteiger partial charge in [-0.3, -0.25) is 9.58 Å². The highest BCUT2D eigenvalue weighted by Gasteiger charge is 2.20. The number of benzene rings is 1. The molecule has 3 heterocycles. The first kappa shape index (κ1) is 17.0. The number of methoxy groups -OCH3 is 1. The van der Waals surface area contributed by atoms with Gasteiger partial charge in [-0.05, 0) is 24.6 Å². The topological polar surface area (TPSA) is 52.4 Å². The highest BCUT2D eigenvalue weighted by atomic mass is 16.5. The molecule has 6 nitrogen and oxygen atoms in total. The normalized spacial score (nSPS) is 18.7. The van der Waals surface area contributed by atoms with Crippen LogP contribution in [0.25, 0.3) is 10.9 Å². The number of nitrogens with zero attached hydrogens (tertiary/aromatic N) is 4. The number of aromatic nitrogens is 3. The zero-order valence-corrected chi connectivity index (χ0v) is 15.0. The van der Waals surface area contributed by atoms with Gasteiger partial charge in [0.1, 0.15) is 11.3 Å². The maximum absolute atomic E-state index is 6.01. The Labute approximate surface area is 153 Å². The van der Waals surface area contributed by atoms with E-state index in [1.54, 1.807) is 13.3 Å². The SMILES string of the molecule is COc1cccc2ccc(CN3CCCO[C@@H](Cn4cccn4)C3)nc12. The standard InChI is InChI=1S/C20H24N4O2/c1-25-19-6-2-5-16-7-8-17(22-20(16)19)13-23-10-4-12-26-18(14-23)15-24-11-3-9-21-24/h2-3,5-9,11,18H,4,10,12-15H2,1H3/t18-/m1/s1. The zero-order valence-electron chi connectivity index (χ0n) is 15.0. The minimum Gasteiger partial charge on any atom is -0.494 e. The summed E-state index contributed by atoms with van der Waals surface area (Å²) in [5.41, 5.74) is 1.98. The lowest BCUT2D eigenvalue weighted by Crippen LogP contribution is -2.34. The molecule has 4 rings (SSSR count). The Hall–Kier alpha value is -2.44. The van der Waals surface area contributed by atoms with Gasteiger partial charge in [0.25, 0.3) is 0 Å². The molecule has 136 valence electrons. The van der Waals surface area contributed by atoms with E-state index in [0.29, 0.717) is 0 Å². The molecule has 26 heavy (non-hydrogen) atoms. The average Bonchev–Trinajstić information content (AvgIpc) is 3.07. The van der Waals surface area contributed by atoms with Gasteiger partial charge in [0, 0.05) is 44.0 Å². The van der Waals surface area contributed by atoms with Crippen LogP contribution < -0.4 is 4.74 Å². The number of hydrogen-bond donors (Lipinski definition) is 0. The molecule has 0 unspecified atom stereocenters. The van der Waals surface area contributed by atoms with E-state index in [1.807, 2.05) is 29.1 Å². The molecule has 1 fully saturated rings. The van der Waals surface area contributed by atoms with Gasteiger partial charge < -0.3 is 9.47 Å². The first-order valence-electron chi connectivity index (χ1n) is 9.06. The van der Waals surface area contributed by atoms with E-state index in [1.165, 1.54) is 0 Å². The van der Waals surface area contributed by atoms with Crippen molar-refractivity contribution in [2.24, 2.45) is 0 Å². The minimum atomic E-state index is 0.146. The van der Waals surface area contributed by atoms with Crippen LogP contribution in [0.2, 0.25) is 0 Å². The molecule has 1 aliphatic heterocycles. The Bertz CT molecular complexity index is 850. The van der Waals surface area contributed by atoms with Gasteiger partial charge in [0.05, 0.1) is 25.5 Å². The summed E-state index contributed by atoms with van der Waals surface area (Å²) in [4.78, 5) is 7.27. The van der Waals surface area contributed by atoms with Crippen LogP contribution in [0.1, 0.15) is 12.1 Å². The number of ether oxygens (including phenoxy) is 2. The third-order valence-electron chi connectivity index (χ3n) is 4.73. The monoisotopic (exact) mass is 352 g/mol. The first-order chi connectivity index (χ1) is 12.8. The lowest BCUT2D eigenvalue weighted by molar-refractivity contribution is 0.0390. The van der Waals surface area contributed by atoms with Crippen LogP contribution in [-0.2, 0) is 17.8 Å². The van der Waals surface area contributed by atoms with Gasteiger partial charge in [-0.1, -0.05) is 18.2 Å². The van der Waals surface area contributed by atoms with Crippen molar-refractivity contribution in [3.05, 3.63) is 54.5 Å². The largest absolute Gasteiger partial charge is 0.494 e. The summed E-state index contributed by atoms with van der Waals surface area (Å²) in [6.45, 7) is 4.28. The Morgan fingerprint density at radius 2 is 2.19 bits per heavy atom. The van der Waals surface area contributed by atoms with E-state index < -0.39 is 0 Å². The number of pyridine rings is 1. The molecule has 0 saturated carbocycles. The molecule has 0 radical (unpaired) electrons. The van der Waals surface area contributed by atoms with Crippen LogP contribution in [0, 0.1) is 0 Å². The van der Waals surface area contributed by atoms with E-state index in [-0.39, 0.29) is 6.10 Å². The molecule has 1 aromatic carbocycles. The highest BCUT2D eigenvalue weighted by Crippen LogP contribution is 2.24. The van der Waals surface area contributed by atoms with Gasteiger partial charge in [-0.2, -0.15) is 5.10 Å². The maximum atomic E-state index is 6.01. The molecule has 0 N–H and O–H groups in total. The number of fused-ring (bicyclic) bond motifs is 1. The molecule has 1 atom stereocenters. The molecular weight excluding hydrogens is 328 g/mol. The van der Waals surface area contributed by atoms with Crippen LogP contribution in [0.4, 0.5) is 0 Å². The number of hydrogen-bond acceptors (Lipinski definition) is 5. The summed E-state index contributed by atoms with van der Waals surface area (Å²) in [6.07, 6.45) is 4.97. The van der Waals surface area contributed by atoms with Gasteiger partial charge in [-0.25, -0.2) is 4.98 Å². The van der Waals surface area contributed by atoms with E-state index in [4.69, 9.17) is 14.5 Å². The van der Waals surface area contributed by atoms with E-state index >= 15 is 0 Å².